The summed E-state index contributed by atoms with van der Waals surface area (Å²) in [6.07, 6.45) is 10.1. The standard InChI is InChI=1S/C36H40FN5O2/c1-22-7-5-11-30(37)33(22)36(44)42-31-12-6-8-24(31)19-29(35(43)40-28-18-15-25-21-38-41(2)32(25)20-28)34(42)23-13-16-27(17-14-23)39-26-9-3-4-10-26/h5,7,11,13-18,20-21,24,26,29,31,34,39H,3-4,6,8-10,12,19H2,1-2H3,(H,40,43)/t24?,29?,31?,34-/m0/s1. The molecule has 3 fully saturated rings. The van der Waals surface area contributed by atoms with Crippen LogP contribution >= 0.6 is 0 Å². The first kappa shape index (κ1) is 28.6. The molecule has 0 radical (unpaired) electrons. The summed E-state index contributed by atoms with van der Waals surface area (Å²) in [5, 5.41) is 12.2. The first-order chi connectivity index (χ1) is 21.4. The summed E-state index contributed by atoms with van der Waals surface area (Å²) in [5.74, 6) is -1.29. The van der Waals surface area contributed by atoms with Gasteiger partial charge in [0.1, 0.15) is 5.82 Å². The molecule has 1 aliphatic heterocycles. The van der Waals surface area contributed by atoms with Crippen molar-refractivity contribution < 1.29 is 14.0 Å². The van der Waals surface area contributed by atoms with Crippen molar-refractivity contribution in [1.82, 2.24) is 14.7 Å². The molecule has 4 atom stereocenters. The second kappa shape index (κ2) is 11.7. The number of carbonyl (C=O) groups is 2. The van der Waals surface area contributed by atoms with Crippen LogP contribution in [0.5, 0.6) is 0 Å². The van der Waals surface area contributed by atoms with E-state index in [1.807, 2.05) is 42.3 Å². The molecule has 228 valence electrons. The van der Waals surface area contributed by atoms with Crippen LogP contribution in [-0.2, 0) is 11.8 Å². The van der Waals surface area contributed by atoms with E-state index in [0.717, 1.165) is 41.4 Å². The third-order valence-electron chi connectivity index (χ3n) is 10.2. The summed E-state index contributed by atoms with van der Waals surface area (Å²) in [7, 11) is 1.88. The van der Waals surface area contributed by atoms with Gasteiger partial charge in [0.2, 0.25) is 5.91 Å². The van der Waals surface area contributed by atoms with E-state index in [1.54, 1.807) is 29.9 Å². The second-order valence-corrected chi connectivity index (χ2v) is 13.0. The van der Waals surface area contributed by atoms with Crippen LogP contribution in [0, 0.1) is 24.6 Å². The lowest BCUT2D eigenvalue weighted by Crippen LogP contribution is -2.54. The number of amides is 2. The van der Waals surface area contributed by atoms with Gasteiger partial charge in [-0.3, -0.25) is 14.3 Å². The van der Waals surface area contributed by atoms with Crippen molar-refractivity contribution in [2.24, 2.45) is 18.9 Å². The highest BCUT2D eigenvalue weighted by Crippen LogP contribution is 2.49. The van der Waals surface area contributed by atoms with Gasteiger partial charge in [0, 0.05) is 35.9 Å². The van der Waals surface area contributed by atoms with E-state index in [2.05, 4.69) is 27.9 Å². The molecule has 1 aromatic heterocycles. The molecule has 7 nitrogen and oxygen atoms in total. The van der Waals surface area contributed by atoms with Gasteiger partial charge in [-0.15, -0.1) is 0 Å². The summed E-state index contributed by atoms with van der Waals surface area (Å²) >= 11 is 0. The van der Waals surface area contributed by atoms with Crippen LogP contribution in [0.1, 0.15) is 78.9 Å². The molecule has 4 aromatic rings. The molecule has 3 aromatic carbocycles. The van der Waals surface area contributed by atoms with E-state index < -0.39 is 17.8 Å². The fourth-order valence-corrected chi connectivity index (χ4v) is 8.00. The number of aryl methyl sites for hydroxylation is 2. The van der Waals surface area contributed by atoms with Crippen LogP contribution in [0.4, 0.5) is 15.8 Å². The number of nitrogens with zero attached hydrogens (tertiary/aromatic N) is 3. The second-order valence-electron chi connectivity index (χ2n) is 13.0. The summed E-state index contributed by atoms with van der Waals surface area (Å²) in [5.41, 5.74) is 4.27. The predicted molar refractivity (Wildman–Crippen MR) is 171 cm³/mol. The monoisotopic (exact) mass is 593 g/mol. The Kier molecular flexibility index (Phi) is 7.60. The molecule has 3 unspecified atom stereocenters. The fourth-order valence-electron chi connectivity index (χ4n) is 8.00. The van der Waals surface area contributed by atoms with Crippen molar-refractivity contribution in [2.45, 2.75) is 76.4 Å². The van der Waals surface area contributed by atoms with Gasteiger partial charge >= 0.3 is 0 Å². The van der Waals surface area contributed by atoms with E-state index in [1.165, 1.54) is 31.7 Å². The normalized spacial score (nSPS) is 23.6. The van der Waals surface area contributed by atoms with Gasteiger partial charge in [-0.05, 0) is 92.5 Å². The summed E-state index contributed by atoms with van der Waals surface area (Å²) in [6, 6.07) is 18.7. The number of piperidine rings is 1. The average Bonchev–Trinajstić information content (AvgIpc) is 3.79. The molecule has 0 spiro atoms. The quantitative estimate of drug-likeness (QED) is 0.244. The molecule has 8 heteroatoms. The number of carbonyl (C=O) groups excluding carboxylic acids is 2. The molecule has 0 bridgehead atoms. The Labute approximate surface area is 257 Å². The van der Waals surface area contributed by atoms with Gasteiger partial charge in [-0.2, -0.15) is 5.10 Å². The third kappa shape index (κ3) is 5.24. The Balaban J connectivity index is 1.27. The lowest BCUT2D eigenvalue weighted by Gasteiger charge is -2.48. The smallest absolute Gasteiger partial charge is 0.257 e. The molecule has 2 amide bonds. The highest BCUT2D eigenvalue weighted by atomic mass is 19.1. The predicted octanol–water partition coefficient (Wildman–Crippen LogP) is 7.39. The zero-order valence-electron chi connectivity index (χ0n) is 25.4. The molecular weight excluding hydrogens is 553 g/mol. The maximum atomic E-state index is 15.3. The van der Waals surface area contributed by atoms with Gasteiger partial charge in [0.15, 0.2) is 0 Å². The van der Waals surface area contributed by atoms with Crippen molar-refractivity contribution >= 4 is 34.1 Å². The van der Waals surface area contributed by atoms with Gasteiger partial charge in [-0.25, -0.2) is 4.39 Å². The number of hydrogen-bond acceptors (Lipinski definition) is 4. The van der Waals surface area contributed by atoms with Gasteiger partial charge in [0.25, 0.3) is 5.91 Å². The number of fused-ring (bicyclic) bond motifs is 2. The number of nitrogens with one attached hydrogen (secondary N) is 2. The van der Waals surface area contributed by atoms with Crippen molar-refractivity contribution in [3.63, 3.8) is 0 Å². The minimum Gasteiger partial charge on any atom is -0.382 e. The number of rotatable bonds is 6. The van der Waals surface area contributed by atoms with E-state index in [4.69, 9.17) is 0 Å². The number of anilines is 2. The maximum Gasteiger partial charge on any atom is 0.257 e. The maximum absolute atomic E-state index is 15.3. The van der Waals surface area contributed by atoms with E-state index >= 15 is 4.39 Å². The number of hydrogen-bond donors (Lipinski definition) is 2. The van der Waals surface area contributed by atoms with E-state index in [-0.39, 0.29) is 29.3 Å². The molecule has 2 aliphatic carbocycles. The van der Waals surface area contributed by atoms with Crippen LogP contribution in [0.2, 0.25) is 0 Å². The Morgan fingerprint density at radius 1 is 0.932 bits per heavy atom. The Bertz CT molecular complexity index is 1670. The van der Waals surface area contributed by atoms with Crippen molar-refractivity contribution in [3.05, 3.63) is 89.4 Å². The van der Waals surface area contributed by atoms with Gasteiger partial charge in [-0.1, -0.05) is 43.5 Å². The van der Waals surface area contributed by atoms with E-state index in [0.29, 0.717) is 23.7 Å². The van der Waals surface area contributed by atoms with Crippen LogP contribution in [0.3, 0.4) is 0 Å². The lowest BCUT2D eigenvalue weighted by molar-refractivity contribution is -0.125. The first-order valence-corrected chi connectivity index (χ1v) is 16.0. The Morgan fingerprint density at radius 3 is 2.48 bits per heavy atom. The molecule has 3 aliphatic rings. The van der Waals surface area contributed by atoms with Crippen LogP contribution in [-0.4, -0.2) is 38.6 Å². The van der Waals surface area contributed by atoms with Crippen molar-refractivity contribution in [3.8, 4) is 0 Å². The first-order valence-electron chi connectivity index (χ1n) is 16.0. The molecule has 2 N–H and O–H groups in total. The van der Waals surface area contributed by atoms with Crippen LogP contribution in [0.25, 0.3) is 10.9 Å². The van der Waals surface area contributed by atoms with Crippen LogP contribution < -0.4 is 10.6 Å². The largest absolute Gasteiger partial charge is 0.382 e. The number of aromatic nitrogens is 2. The Morgan fingerprint density at radius 2 is 1.70 bits per heavy atom. The molecular formula is C36H40FN5O2. The molecule has 44 heavy (non-hydrogen) atoms. The van der Waals surface area contributed by atoms with Gasteiger partial charge < -0.3 is 15.5 Å². The zero-order valence-corrected chi connectivity index (χ0v) is 25.4. The minimum atomic E-state index is -0.526. The van der Waals surface area contributed by atoms with Crippen molar-refractivity contribution in [2.75, 3.05) is 10.6 Å². The molecule has 2 heterocycles. The fraction of sp³-hybridized carbons (Fsp3) is 0.417. The minimum absolute atomic E-state index is 0.0439. The number of likely N-dealkylation sites (tertiary alicyclic amines) is 1. The van der Waals surface area contributed by atoms with Gasteiger partial charge in [0.05, 0.1) is 29.2 Å². The SMILES string of the molecule is Cc1cccc(F)c1C(=O)N1C2CCCC2CC(C(=O)Nc2ccc3cnn(C)c3c2)[C@@H]1c1ccc(NC2CCCC2)cc1. The third-order valence-corrected chi connectivity index (χ3v) is 10.2. The molecule has 2 saturated carbocycles. The van der Waals surface area contributed by atoms with Crippen LogP contribution in [0.15, 0.2) is 66.9 Å². The van der Waals surface area contributed by atoms with E-state index in [9.17, 15) is 9.59 Å². The molecule has 7 rings (SSSR count). The highest BCUT2D eigenvalue weighted by Gasteiger charge is 2.50. The lowest BCUT2D eigenvalue weighted by atomic mass is 9.76. The topological polar surface area (TPSA) is 79.3 Å². The number of benzene rings is 3. The number of halogens is 1. The summed E-state index contributed by atoms with van der Waals surface area (Å²) < 4.78 is 17.1. The van der Waals surface area contributed by atoms with Crippen molar-refractivity contribution in [1.29, 1.82) is 0 Å². The molecule has 1 saturated heterocycles. The highest BCUT2D eigenvalue weighted by molar-refractivity contribution is 5.99. The zero-order chi connectivity index (χ0) is 30.4. The summed E-state index contributed by atoms with van der Waals surface area (Å²) in [4.78, 5) is 30.6. The summed E-state index contributed by atoms with van der Waals surface area (Å²) in [6.45, 7) is 1.78. The average molecular weight is 594 g/mol. The Hall–Kier alpha value is -4.20.